The van der Waals surface area contributed by atoms with Gasteiger partial charge in [-0.2, -0.15) is 15.0 Å². The smallest absolute Gasteiger partial charge is 0.224 e. The lowest BCUT2D eigenvalue weighted by atomic mass is 10.2. The van der Waals surface area contributed by atoms with Crippen LogP contribution in [-0.2, 0) is 16.6 Å². The summed E-state index contributed by atoms with van der Waals surface area (Å²) in [5.74, 6) is -0.0212. The summed E-state index contributed by atoms with van der Waals surface area (Å²) in [5, 5.41) is 11.2. The standard InChI is InChI=1S/C13H18N4O2/c1-9(19-3)4-7-13(18)14-10-5-6-11-12(8-10)16-17(2)15-11/h5-6,8-9H,4,7H2,1-3H3,(H,14,18). The molecule has 0 aliphatic heterocycles. The minimum Gasteiger partial charge on any atom is -0.382 e. The fourth-order valence-electron chi connectivity index (χ4n) is 1.78. The number of aromatic nitrogens is 3. The predicted molar refractivity (Wildman–Crippen MR) is 72.8 cm³/mol. The molecule has 1 aromatic heterocycles. The highest BCUT2D eigenvalue weighted by Crippen LogP contribution is 2.16. The Labute approximate surface area is 111 Å². The lowest BCUT2D eigenvalue weighted by molar-refractivity contribution is -0.116. The molecule has 0 bridgehead atoms. The first kappa shape index (κ1) is 13.5. The molecule has 0 radical (unpaired) electrons. The van der Waals surface area contributed by atoms with Crippen LogP contribution in [0, 0.1) is 0 Å². The number of methoxy groups -OCH3 is 1. The molecule has 2 rings (SSSR count). The average Bonchev–Trinajstić information content (AvgIpc) is 2.75. The van der Waals surface area contributed by atoms with E-state index in [0.29, 0.717) is 12.8 Å². The Morgan fingerprint density at radius 2 is 2.16 bits per heavy atom. The SMILES string of the molecule is COC(C)CCC(=O)Nc1ccc2nn(C)nc2c1. The molecule has 1 amide bonds. The number of nitrogens with one attached hydrogen (secondary N) is 1. The second kappa shape index (κ2) is 5.79. The lowest BCUT2D eigenvalue weighted by Gasteiger charge is -2.09. The number of aryl methyl sites for hydroxylation is 1. The quantitative estimate of drug-likeness (QED) is 0.890. The molecule has 102 valence electrons. The van der Waals surface area contributed by atoms with Crippen LogP contribution in [-0.4, -0.2) is 34.1 Å². The summed E-state index contributed by atoms with van der Waals surface area (Å²) in [6.07, 6.45) is 1.23. The number of nitrogens with zero attached hydrogens (tertiary/aromatic N) is 3. The zero-order valence-corrected chi connectivity index (χ0v) is 11.4. The first-order chi connectivity index (χ1) is 9.08. The third-order valence-corrected chi connectivity index (χ3v) is 2.94. The minimum absolute atomic E-state index is 0.0212. The number of fused-ring (bicyclic) bond motifs is 1. The Bertz CT molecular complexity index is 579. The number of hydrogen-bond acceptors (Lipinski definition) is 4. The van der Waals surface area contributed by atoms with Gasteiger partial charge in [-0.25, -0.2) is 0 Å². The second-order valence-corrected chi connectivity index (χ2v) is 4.53. The molecule has 0 saturated carbocycles. The van der Waals surface area contributed by atoms with Crippen LogP contribution in [0.15, 0.2) is 18.2 Å². The normalized spacial score (nSPS) is 12.6. The van der Waals surface area contributed by atoms with Gasteiger partial charge in [-0.1, -0.05) is 0 Å². The number of carbonyl (C=O) groups is 1. The largest absolute Gasteiger partial charge is 0.382 e. The molecule has 2 aromatic rings. The molecule has 1 aromatic carbocycles. The van der Waals surface area contributed by atoms with Gasteiger partial charge in [0.2, 0.25) is 5.91 Å². The maximum atomic E-state index is 11.8. The van der Waals surface area contributed by atoms with Gasteiger partial charge < -0.3 is 10.1 Å². The molecule has 19 heavy (non-hydrogen) atoms. The van der Waals surface area contributed by atoms with Crippen molar-refractivity contribution in [2.75, 3.05) is 12.4 Å². The lowest BCUT2D eigenvalue weighted by Crippen LogP contribution is -2.15. The van der Waals surface area contributed by atoms with Crippen LogP contribution in [0.25, 0.3) is 11.0 Å². The van der Waals surface area contributed by atoms with Gasteiger partial charge in [0.15, 0.2) is 0 Å². The summed E-state index contributed by atoms with van der Waals surface area (Å²) < 4.78 is 5.11. The van der Waals surface area contributed by atoms with Crippen LogP contribution >= 0.6 is 0 Å². The van der Waals surface area contributed by atoms with Crippen molar-refractivity contribution in [3.63, 3.8) is 0 Å². The molecule has 1 atom stereocenters. The van der Waals surface area contributed by atoms with Crippen molar-refractivity contribution in [3.05, 3.63) is 18.2 Å². The van der Waals surface area contributed by atoms with Crippen LogP contribution in [0.4, 0.5) is 5.69 Å². The molecule has 0 saturated heterocycles. The van der Waals surface area contributed by atoms with Crippen LogP contribution in [0.5, 0.6) is 0 Å². The Morgan fingerprint density at radius 1 is 1.42 bits per heavy atom. The number of rotatable bonds is 5. The van der Waals surface area contributed by atoms with Crippen molar-refractivity contribution >= 4 is 22.6 Å². The summed E-state index contributed by atoms with van der Waals surface area (Å²) >= 11 is 0. The fraction of sp³-hybridized carbons (Fsp3) is 0.462. The summed E-state index contributed by atoms with van der Waals surface area (Å²) in [6, 6.07) is 5.49. The van der Waals surface area contributed by atoms with Crippen molar-refractivity contribution in [1.82, 2.24) is 15.0 Å². The van der Waals surface area contributed by atoms with Gasteiger partial charge >= 0.3 is 0 Å². The Hall–Kier alpha value is -1.95. The molecule has 1 heterocycles. The predicted octanol–water partition coefficient (Wildman–Crippen LogP) is 1.72. The summed E-state index contributed by atoms with van der Waals surface area (Å²) in [6.45, 7) is 1.94. The van der Waals surface area contributed by atoms with Gasteiger partial charge in [-0.15, -0.1) is 0 Å². The number of hydrogen-bond donors (Lipinski definition) is 1. The Kier molecular flexibility index (Phi) is 4.11. The molecule has 6 heteroatoms. The molecule has 0 aliphatic rings. The van der Waals surface area contributed by atoms with E-state index < -0.39 is 0 Å². The van der Waals surface area contributed by atoms with E-state index in [4.69, 9.17) is 4.74 Å². The van der Waals surface area contributed by atoms with Gasteiger partial charge in [0.25, 0.3) is 0 Å². The Morgan fingerprint density at radius 3 is 2.89 bits per heavy atom. The molecule has 0 aliphatic carbocycles. The van der Waals surface area contributed by atoms with E-state index in [-0.39, 0.29) is 12.0 Å². The van der Waals surface area contributed by atoms with Gasteiger partial charge in [0.1, 0.15) is 11.0 Å². The van der Waals surface area contributed by atoms with E-state index in [0.717, 1.165) is 16.7 Å². The van der Waals surface area contributed by atoms with Crippen molar-refractivity contribution in [3.8, 4) is 0 Å². The van der Waals surface area contributed by atoms with Crippen LogP contribution in [0.1, 0.15) is 19.8 Å². The monoisotopic (exact) mass is 262 g/mol. The topological polar surface area (TPSA) is 69.0 Å². The molecular formula is C13H18N4O2. The number of ether oxygens (including phenoxy) is 1. The van der Waals surface area contributed by atoms with Gasteiger partial charge in [0, 0.05) is 26.3 Å². The van der Waals surface area contributed by atoms with E-state index in [1.165, 1.54) is 4.80 Å². The zero-order valence-electron chi connectivity index (χ0n) is 11.4. The maximum absolute atomic E-state index is 11.8. The van der Waals surface area contributed by atoms with Crippen molar-refractivity contribution in [1.29, 1.82) is 0 Å². The van der Waals surface area contributed by atoms with Gasteiger partial charge in [0.05, 0.1) is 6.10 Å². The van der Waals surface area contributed by atoms with E-state index >= 15 is 0 Å². The zero-order chi connectivity index (χ0) is 13.8. The van der Waals surface area contributed by atoms with Gasteiger partial charge in [-0.05, 0) is 31.5 Å². The van der Waals surface area contributed by atoms with Gasteiger partial charge in [-0.3, -0.25) is 4.79 Å². The van der Waals surface area contributed by atoms with E-state index in [2.05, 4.69) is 15.5 Å². The highest BCUT2D eigenvalue weighted by molar-refractivity contribution is 5.92. The molecular weight excluding hydrogens is 244 g/mol. The van der Waals surface area contributed by atoms with E-state index in [1.54, 1.807) is 14.2 Å². The molecule has 6 nitrogen and oxygen atoms in total. The first-order valence-electron chi connectivity index (χ1n) is 6.22. The highest BCUT2D eigenvalue weighted by atomic mass is 16.5. The maximum Gasteiger partial charge on any atom is 0.224 e. The van der Waals surface area contributed by atoms with E-state index in [1.807, 2.05) is 25.1 Å². The summed E-state index contributed by atoms with van der Waals surface area (Å²) in [4.78, 5) is 13.3. The number of anilines is 1. The number of benzene rings is 1. The molecule has 1 unspecified atom stereocenters. The molecule has 0 fully saturated rings. The van der Waals surface area contributed by atoms with Crippen molar-refractivity contribution in [2.45, 2.75) is 25.9 Å². The number of amides is 1. The summed E-state index contributed by atoms with van der Waals surface area (Å²) in [7, 11) is 3.41. The molecule has 0 spiro atoms. The van der Waals surface area contributed by atoms with Crippen molar-refractivity contribution < 1.29 is 9.53 Å². The first-order valence-corrected chi connectivity index (χ1v) is 6.22. The Balaban J connectivity index is 1.98. The van der Waals surface area contributed by atoms with Crippen LogP contribution in [0.3, 0.4) is 0 Å². The second-order valence-electron chi connectivity index (χ2n) is 4.53. The summed E-state index contributed by atoms with van der Waals surface area (Å²) in [5.41, 5.74) is 2.32. The van der Waals surface area contributed by atoms with Crippen molar-refractivity contribution in [2.24, 2.45) is 7.05 Å². The third kappa shape index (κ3) is 3.51. The number of carbonyl (C=O) groups excluding carboxylic acids is 1. The fourth-order valence-corrected chi connectivity index (χ4v) is 1.78. The average molecular weight is 262 g/mol. The van der Waals surface area contributed by atoms with E-state index in [9.17, 15) is 4.79 Å². The minimum atomic E-state index is -0.0212. The van der Waals surface area contributed by atoms with Crippen LogP contribution < -0.4 is 5.32 Å². The highest BCUT2D eigenvalue weighted by Gasteiger charge is 2.07. The molecule has 1 N–H and O–H groups in total. The van der Waals surface area contributed by atoms with Crippen LogP contribution in [0.2, 0.25) is 0 Å². The third-order valence-electron chi connectivity index (χ3n) is 2.94.